The molecule has 5 N–H and O–H groups in total. The summed E-state index contributed by atoms with van der Waals surface area (Å²) in [6, 6.07) is 11.0. The number of carbonyl (C=O) groups excluding carboxylic acids is 5. The van der Waals surface area contributed by atoms with Crippen LogP contribution >= 0.6 is 0 Å². The summed E-state index contributed by atoms with van der Waals surface area (Å²) < 4.78 is 26.0. The van der Waals surface area contributed by atoms with Crippen LogP contribution < -0.4 is 20.3 Å². The lowest BCUT2D eigenvalue weighted by atomic mass is 10.0. The first-order valence-electron chi connectivity index (χ1n) is 33.9. The monoisotopic (exact) mass is 1670 g/mol. The normalized spacial score (nSPS) is 11.8. The molecule has 8 rings (SSSR count). The lowest BCUT2D eigenvalue weighted by molar-refractivity contribution is -0.786. The van der Waals surface area contributed by atoms with E-state index < -0.39 is 29.7 Å². The van der Waals surface area contributed by atoms with Gasteiger partial charge in [-0.1, -0.05) is 12.0 Å². The molecule has 0 saturated carbocycles. The fraction of sp³-hybridized carbons (Fsp3) is 0.207. The maximum atomic E-state index is 13.4. The number of amides is 5. The van der Waals surface area contributed by atoms with Gasteiger partial charge in [-0.25, -0.2) is 25.0 Å². The summed E-state index contributed by atoms with van der Waals surface area (Å²) in [6.07, 6.45) is 11.7. The van der Waals surface area contributed by atoms with Crippen LogP contribution in [0.25, 0.3) is 11.5 Å². The lowest BCUT2D eigenvalue weighted by Gasteiger charge is -2.34. The second-order valence-corrected chi connectivity index (χ2v) is 21.1. The van der Waals surface area contributed by atoms with E-state index in [0.29, 0.717) is 61.6 Å². The van der Waals surface area contributed by atoms with Crippen molar-refractivity contribution in [2.75, 3.05) is 89.2 Å². The van der Waals surface area contributed by atoms with Gasteiger partial charge < -0.3 is 29.2 Å². The molecule has 0 radical (unpaired) electrons. The zero-order valence-corrected chi connectivity index (χ0v) is 63.3. The number of aryl methyl sites for hydroxylation is 1. The zero-order chi connectivity index (χ0) is 86.8. The second-order valence-electron chi connectivity index (χ2n) is 21.1. The molecular weight excluding hydrogens is 1580 g/mol. The minimum Gasteiger partial charge on any atom is -0.491 e. The van der Waals surface area contributed by atoms with Gasteiger partial charge in [0, 0.05) is 243 Å². The van der Waals surface area contributed by atoms with Crippen molar-refractivity contribution in [3.05, 3.63) is 89.5 Å². The SMILES string of the molecule is C#CC#CC#CC#CC#CC#CC#CC#CC#CC#CC#CC#CC#CC#CC#CC#CC#CC#CC#CC#CC.Cc1ccc(-n2nc(N3CCN(CCOCCOCCOCCOc4ccc5c(c4)C(=O)N(C4CCC(=O)NC4=O)C5=O)CC3)cc2NC(=O)c2cnn3cccnc23)nc1.N=N/N=N/N=N/N=N/N=N/N(OOOO)OOOOO.[HH].[HH].[HH].[HH].[HH].[HH].[HH].[HH].[HH].[HH].[HH].[HH].[HH].[HH].[HH].[HH].[HH].[HH].[HH].[HH]. The maximum absolute atomic E-state index is 13.4. The number of piperidine rings is 1. The van der Waals surface area contributed by atoms with Crippen LogP contribution in [0.1, 0.15) is 84.9 Å². The summed E-state index contributed by atoms with van der Waals surface area (Å²) in [7, 11) is 0. The second kappa shape index (κ2) is 58.8. The molecule has 1 aromatic carbocycles. The highest BCUT2D eigenvalue weighted by Crippen LogP contribution is 2.31. The van der Waals surface area contributed by atoms with Gasteiger partial charge in [0.1, 0.15) is 29.8 Å². The lowest BCUT2D eigenvalue weighted by Crippen LogP contribution is -2.54. The summed E-state index contributed by atoms with van der Waals surface area (Å²) in [6.45, 7) is 10.2. The van der Waals surface area contributed by atoms with Crippen molar-refractivity contribution in [3.63, 3.8) is 0 Å². The van der Waals surface area contributed by atoms with E-state index in [4.69, 9.17) is 46.5 Å². The van der Waals surface area contributed by atoms with Crippen molar-refractivity contribution >= 4 is 46.8 Å². The number of nitrogens with one attached hydrogen (secondary N) is 3. The Bertz CT molecular complexity index is 6260. The minimum absolute atomic E-state index is 0. The molecule has 0 aliphatic carbocycles. The average molecular weight is 1670 g/mol. The number of aromatic nitrogens is 6. The summed E-state index contributed by atoms with van der Waals surface area (Å²) in [5.41, 5.74) is 8.34. The van der Waals surface area contributed by atoms with Crippen molar-refractivity contribution in [1.82, 2.24) is 49.8 Å². The zero-order valence-electron chi connectivity index (χ0n) is 63.3. The van der Waals surface area contributed by atoms with E-state index >= 15 is 0 Å². The molecule has 3 aliphatic heterocycles. The van der Waals surface area contributed by atoms with Crippen LogP contribution in [-0.4, -0.2) is 170 Å². The van der Waals surface area contributed by atoms with Gasteiger partial charge in [0.05, 0.1) is 62.3 Å². The number of carbonyl (C=O) groups is 5. The van der Waals surface area contributed by atoms with Crippen LogP contribution in [0.4, 0.5) is 11.6 Å². The largest absolute Gasteiger partial charge is 0.491 e. The third-order valence-electron chi connectivity index (χ3n) is 13.6. The van der Waals surface area contributed by atoms with E-state index in [0.717, 1.165) is 49.0 Å². The van der Waals surface area contributed by atoms with Crippen LogP contribution in [0.3, 0.4) is 0 Å². The van der Waals surface area contributed by atoms with Gasteiger partial charge in [-0.15, -0.1) is 11.5 Å². The van der Waals surface area contributed by atoms with Gasteiger partial charge >= 0.3 is 0 Å². The van der Waals surface area contributed by atoms with E-state index in [1.165, 1.54) is 18.3 Å². The van der Waals surface area contributed by atoms with Crippen LogP contribution in [-0.2, 0) is 59.0 Å². The average Bonchev–Trinajstić information content (AvgIpc) is 1.61. The summed E-state index contributed by atoms with van der Waals surface area (Å²) in [4.78, 5) is 85.0. The van der Waals surface area contributed by atoms with Crippen LogP contribution in [0.2, 0.25) is 0 Å². The Hall–Kier alpha value is -18.0. The Labute approximate surface area is 724 Å². The number of terminal acetylenes is 1. The molecule has 1 atom stereocenters. The Morgan fingerprint density at radius 2 is 1.10 bits per heavy atom. The highest BCUT2D eigenvalue weighted by Gasteiger charge is 2.45. The smallest absolute Gasteiger partial charge is 0.262 e. The van der Waals surface area contributed by atoms with Crippen molar-refractivity contribution in [2.45, 2.75) is 32.7 Å². The molecule has 5 amide bonds. The number of benzene rings is 1. The maximum Gasteiger partial charge on any atom is 0.262 e. The van der Waals surface area contributed by atoms with Crippen LogP contribution in [0.15, 0.2) is 114 Å². The van der Waals surface area contributed by atoms with Gasteiger partial charge in [-0.05, 0) is 212 Å². The van der Waals surface area contributed by atoms with E-state index in [1.807, 2.05) is 25.1 Å². The molecule has 1 unspecified atom stereocenters. The van der Waals surface area contributed by atoms with Crippen LogP contribution in [0.5, 0.6) is 5.75 Å². The number of ether oxygens (including phenoxy) is 4. The predicted molar refractivity (Wildman–Crippen MR) is 461 cm³/mol. The molecule has 7 heterocycles. The summed E-state index contributed by atoms with van der Waals surface area (Å²) in [5, 5.41) is 70.9. The first-order chi connectivity index (χ1) is 60.0. The number of anilines is 2. The number of imide groups is 2. The highest BCUT2D eigenvalue weighted by atomic mass is 17.8. The fourth-order valence-electron chi connectivity index (χ4n) is 8.72. The number of hydrogen-bond acceptors (Lipinski definition) is 26. The number of rotatable bonds is 30. The molecule has 5 aromatic rings. The van der Waals surface area contributed by atoms with Crippen molar-refractivity contribution in [1.29, 1.82) is 5.53 Å². The molecule has 0 spiro atoms. The Balaban J connectivity index is -0.000000136. The van der Waals surface area contributed by atoms with Crippen molar-refractivity contribution in [3.8, 4) is 249 Å². The van der Waals surface area contributed by atoms with Crippen molar-refractivity contribution in [2.24, 2.45) is 47.0 Å². The Morgan fingerprint density at radius 1 is 0.590 bits per heavy atom. The van der Waals surface area contributed by atoms with Gasteiger partial charge in [-0.2, -0.15) is 15.3 Å². The molecule has 2 saturated heterocycles. The molecule has 638 valence electrons. The third-order valence-corrected chi connectivity index (χ3v) is 13.6. The number of fused-ring (bicyclic) bond motifs is 2. The Kier molecular flexibility index (Phi) is 44.8. The predicted octanol–water partition coefficient (Wildman–Crippen LogP) is 8.32. The van der Waals surface area contributed by atoms with Gasteiger partial charge in [-0.3, -0.25) is 39.1 Å². The molecule has 40 nitrogen and oxygen atoms in total. The summed E-state index contributed by atoms with van der Waals surface area (Å²) >= 11 is 0. The summed E-state index contributed by atoms with van der Waals surface area (Å²) in [5.74, 6) is 96.5. The molecule has 2 fully saturated rings. The van der Waals surface area contributed by atoms with Crippen LogP contribution in [0, 0.1) is 250 Å². The van der Waals surface area contributed by atoms with E-state index in [2.05, 4.69) is 349 Å². The highest BCUT2D eigenvalue weighted by molar-refractivity contribution is 6.23. The van der Waals surface area contributed by atoms with E-state index in [-0.39, 0.29) is 77.0 Å². The molecular formula is C82H92N22O18. The van der Waals surface area contributed by atoms with Crippen molar-refractivity contribution < 1.29 is 117 Å². The molecule has 40 heteroatoms. The van der Waals surface area contributed by atoms with E-state index in [1.54, 1.807) is 46.8 Å². The molecule has 4 aromatic heterocycles. The third kappa shape index (κ3) is 36.9. The quantitative estimate of drug-likeness (QED) is 0.00720. The fourth-order valence-corrected chi connectivity index (χ4v) is 8.72. The standard InChI is InChI=1S/C41H45N11O9.C41H4.H3N11O9.20H2/c1-27-3-7-33(43-25-27)52-34(45-38(54)31-26-44-50-10-2-9-42-37(31)50)24-35(47-52)49-13-11-48(12-14-49)15-16-58-17-18-59-19-20-60-21-22-61-28-4-5-29-30(23-28)41(57)51(40(29)56)32-6-8-36(53)46-39(32)55;1-3-5-7-9-11-13-15-17-19-21-23-25-27-29-31-33-35-37-39-41-40-38-36-34-32-30-28-26-24-22-20-18-16-14-12-10-8-6-4-2;1-2-3-4-5-6-7-8-9-10-11(14-18-16-12)15-19-20-17-13;;;;;;;;;;;;;;;;;;;;/h2-5,7,9-10,23-26,32H,6,8,11-22H2,1H3,(H,45,54)(H,46,53,55);1H,2H3;1,12-13H;20*1H/b;;2-1?,4-3+,6-5+,8-7+,10-9+;;;;;;;;;;;;;;;;;;;;. The van der Waals surface area contributed by atoms with Gasteiger partial charge in [0.25, 0.3) is 17.7 Å². The number of pyridine rings is 1. The molecule has 0 bridgehead atoms. The van der Waals surface area contributed by atoms with E-state index in [9.17, 15) is 24.0 Å². The molecule has 3 aliphatic rings. The Morgan fingerprint density at radius 3 is 1.61 bits per heavy atom. The van der Waals surface area contributed by atoms with Gasteiger partial charge in [0.15, 0.2) is 17.3 Å². The molecule has 122 heavy (non-hydrogen) atoms. The van der Waals surface area contributed by atoms with Gasteiger partial charge in [0.2, 0.25) is 11.8 Å². The minimum atomic E-state index is -1.02. The topological polar surface area (TPSA) is 460 Å². The number of nitrogens with zero attached hydrogens (tertiary/aromatic N) is 19. The number of piperazine rings is 1. The first kappa shape index (κ1) is 92.9. The number of hydrogen-bond donors (Lipinski definition) is 5. The first-order valence-corrected chi connectivity index (χ1v) is 33.9.